The summed E-state index contributed by atoms with van der Waals surface area (Å²) in [4.78, 5) is 26.3. The number of H-pyrrole nitrogens is 1. The number of fused-ring (bicyclic) bond motifs is 1. The number of nitrogens with one attached hydrogen (secondary N) is 2. The SMILES string of the molecule is O=C(CNc1cc(F)cc(F)c1)CC1CCCN(c2ncnc3[nH]ccc23)C1. The van der Waals surface area contributed by atoms with Crippen LogP contribution < -0.4 is 10.2 Å². The van der Waals surface area contributed by atoms with Gasteiger partial charge in [-0.15, -0.1) is 0 Å². The molecule has 0 aliphatic carbocycles. The number of benzene rings is 1. The second kappa shape index (κ2) is 7.92. The van der Waals surface area contributed by atoms with E-state index in [9.17, 15) is 13.6 Å². The highest BCUT2D eigenvalue weighted by Gasteiger charge is 2.24. The maximum absolute atomic E-state index is 13.2. The van der Waals surface area contributed by atoms with E-state index >= 15 is 0 Å². The molecule has 28 heavy (non-hydrogen) atoms. The normalized spacial score (nSPS) is 17.1. The quantitative estimate of drug-likeness (QED) is 0.679. The number of carbonyl (C=O) groups excluding carboxylic acids is 1. The van der Waals surface area contributed by atoms with Crippen molar-refractivity contribution in [1.29, 1.82) is 0 Å². The lowest BCUT2D eigenvalue weighted by molar-refractivity contribution is -0.118. The number of hydrogen-bond donors (Lipinski definition) is 2. The Morgan fingerprint density at radius 2 is 2.07 bits per heavy atom. The van der Waals surface area contributed by atoms with Crippen LogP contribution in [0.4, 0.5) is 20.3 Å². The van der Waals surface area contributed by atoms with Gasteiger partial charge in [-0.2, -0.15) is 0 Å². The van der Waals surface area contributed by atoms with Crippen molar-refractivity contribution in [2.24, 2.45) is 5.92 Å². The maximum atomic E-state index is 13.2. The van der Waals surface area contributed by atoms with Gasteiger partial charge in [0.1, 0.15) is 29.4 Å². The van der Waals surface area contributed by atoms with E-state index in [1.54, 1.807) is 6.33 Å². The predicted molar refractivity (Wildman–Crippen MR) is 103 cm³/mol. The number of aromatic amines is 1. The summed E-state index contributed by atoms with van der Waals surface area (Å²) in [6.07, 6.45) is 5.76. The lowest BCUT2D eigenvalue weighted by atomic mass is 9.92. The van der Waals surface area contributed by atoms with E-state index in [1.807, 2.05) is 12.3 Å². The van der Waals surface area contributed by atoms with E-state index in [4.69, 9.17) is 0 Å². The highest BCUT2D eigenvalue weighted by atomic mass is 19.1. The number of aromatic nitrogens is 3. The number of piperidine rings is 1. The topological polar surface area (TPSA) is 73.9 Å². The zero-order chi connectivity index (χ0) is 19.5. The predicted octanol–water partition coefficient (Wildman–Crippen LogP) is 3.52. The van der Waals surface area contributed by atoms with Crippen LogP contribution in [0.2, 0.25) is 0 Å². The first-order chi connectivity index (χ1) is 13.6. The summed E-state index contributed by atoms with van der Waals surface area (Å²) in [5.41, 5.74) is 1.07. The summed E-state index contributed by atoms with van der Waals surface area (Å²) in [5, 5.41) is 3.79. The zero-order valence-electron chi connectivity index (χ0n) is 15.3. The third-order valence-corrected chi connectivity index (χ3v) is 5.02. The Morgan fingerprint density at radius 1 is 1.25 bits per heavy atom. The number of rotatable bonds is 6. The van der Waals surface area contributed by atoms with Gasteiger partial charge in [0.15, 0.2) is 5.78 Å². The van der Waals surface area contributed by atoms with E-state index in [0.717, 1.165) is 48.8 Å². The van der Waals surface area contributed by atoms with Crippen LogP contribution in [0.5, 0.6) is 0 Å². The summed E-state index contributed by atoms with van der Waals surface area (Å²) in [6, 6.07) is 5.12. The Morgan fingerprint density at radius 3 is 2.89 bits per heavy atom. The van der Waals surface area contributed by atoms with Crippen LogP contribution in [0, 0.1) is 17.6 Å². The van der Waals surface area contributed by atoms with Crippen LogP contribution in [-0.2, 0) is 4.79 Å². The van der Waals surface area contributed by atoms with E-state index in [0.29, 0.717) is 6.42 Å². The van der Waals surface area contributed by atoms with E-state index in [1.165, 1.54) is 12.1 Å². The first-order valence-corrected chi connectivity index (χ1v) is 9.33. The van der Waals surface area contributed by atoms with Crippen molar-refractivity contribution in [3.05, 3.63) is 48.4 Å². The molecule has 1 fully saturated rings. The van der Waals surface area contributed by atoms with E-state index in [-0.39, 0.29) is 23.9 Å². The lowest BCUT2D eigenvalue weighted by Gasteiger charge is -2.33. The Balaban J connectivity index is 1.36. The fourth-order valence-electron chi connectivity index (χ4n) is 3.79. The largest absolute Gasteiger partial charge is 0.378 e. The molecule has 1 aromatic carbocycles. The summed E-state index contributed by atoms with van der Waals surface area (Å²) >= 11 is 0. The number of anilines is 2. The third kappa shape index (κ3) is 4.11. The van der Waals surface area contributed by atoms with Gasteiger partial charge < -0.3 is 15.2 Å². The Bertz CT molecular complexity index is 969. The van der Waals surface area contributed by atoms with Gasteiger partial charge in [0.05, 0.1) is 11.9 Å². The smallest absolute Gasteiger partial charge is 0.152 e. The van der Waals surface area contributed by atoms with Gasteiger partial charge in [-0.1, -0.05) is 0 Å². The molecule has 1 aliphatic rings. The molecule has 2 aromatic heterocycles. The van der Waals surface area contributed by atoms with Crippen molar-refractivity contribution in [1.82, 2.24) is 15.0 Å². The van der Waals surface area contributed by atoms with Crippen molar-refractivity contribution < 1.29 is 13.6 Å². The molecule has 0 amide bonds. The standard InChI is InChI=1S/C20H21F2N5O/c21-14-7-15(22)9-16(8-14)24-10-17(28)6-13-2-1-5-27(11-13)20-18-3-4-23-19(18)25-12-26-20/h3-4,7-9,12-13,24H,1-2,5-6,10-11H2,(H,23,25,26). The lowest BCUT2D eigenvalue weighted by Crippen LogP contribution is -2.37. The van der Waals surface area contributed by atoms with Crippen molar-refractivity contribution in [3.8, 4) is 0 Å². The maximum Gasteiger partial charge on any atom is 0.152 e. The van der Waals surface area contributed by atoms with Crippen LogP contribution in [0.25, 0.3) is 11.0 Å². The number of nitrogens with zero attached hydrogens (tertiary/aromatic N) is 3. The zero-order valence-corrected chi connectivity index (χ0v) is 15.3. The van der Waals surface area contributed by atoms with Gasteiger partial charge in [0.25, 0.3) is 0 Å². The van der Waals surface area contributed by atoms with Crippen molar-refractivity contribution >= 4 is 28.3 Å². The third-order valence-electron chi connectivity index (χ3n) is 5.02. The molecule has 146 valence electrons. The van der Waals surface area contributed by atoms with Gasteiger partial charge >= 0.3 is 0 Å². The molecule has 8 heteroatoms. The van der Waals surface area contributed by atoms with Crippen molar-refractivity contribution in [3.63, 3.8) is 0 Å². The summed E-state index contributed by atoms with van der Waals surface area (Å²) in [5.74, 6) is -0.211. The van der Waals surface area contributed by atoms with Gasteiger partial charge in [-0.25, -0.2) is 18.7 Å². The molecule has 4 rings (SSSR count). The molecular weight excluding hydrogens is 364 g/mol. The van der Waals surface area contributed by atoms with Gasteiger partial charge in [0.2, 0.25) is 0 Å². The molecule has 1 saturated heterocycles. The highest BCUT2D eigenvalue weighted by Crippen LogP contribution is 2.28. The van der Waals surface area contributed by atoms with Gasteiger partial charge in [-0.05, 0) is 37.0 Å². The molecule has 6 nitrogen and oxygen atoms in total. The molecule has 0 spiro atoms. The minimum atomic E-state index is -0.668. The first kappa shape index (κ1) is 18.3. The summed E-state index contributed by atoms with van der Waals surface area (Å²) in [6.45, 7) is 1.69. The van der Waals surface area contributed by atoms with Crippen LogP contribution in [0.3, 0.4) is 0 Å². The number of halogens is 2. The molecule has 1 unspecified atom stereocenters. The van der Waals surface area contributed by atoms with Gasteiger partial charge in [-0.3, -0.25) is 4.79 Å². The fourth-order valence-corrected chi connectivity index (χ4v) is 3.79. The molecular formula is C20H21F2N5O. The number of ketones is 1. The molecule has 0 radical (unpaired) electrons. The molecule has 1 atom stereocenters. The molecule has 0 saturated carbocycles. The average Bonchev–Trinajstić information content (AvgIpc) is 3.15. The van der Waals surface area contributed by atoms with Crippen molar-refractivity contribution in [2.45, 2.75) is 19.3 Å². The number of hydrogen-bond acceptors (Lipinski definition) is 5. The fraction of sp³-hybridized carbons (Fsp3) is 0.350. The molecule has 1 aliphatic heterocycles. The van der Waals surface area contributed by atoms with Crippen LogP contribution in [0.15, 0.2) is 36.8 Å². The highest BCUT2D eigenvalue weighted by molar-refractivity contribution is 5.87. The monoisotopic (exact) mass is 385 g/mol. The summed E-state index contributed by atoms with van der Waals surface area (Å²) < 4.78 is 26.5. The first-order valence-electron chi connectivity index (χ1n) is 9.33. The minimum absolute atomic E-state index is 0.0194. The molecule has 3 heterocycles. The number of Topliss-reactive ketones (excluding diaryl/α,β-unsaturated/α-hetero) is 1. The van der Waals surface area contributed by atoms with E-state index < -0.39 is 11.6 Å². The average molecular weight is 385 g/mol. The minimum Gasteiger partial charge on any atom is -0.378 e. The van der Waals surface area contributed by atoms with E-state index in [2.05, 4.69) is 25.2 Å². The molecule has 0 bridgehead atoms. The second-order valence-electron chi connectivity index (χ2n) is 7.15. The molecule has 3 aromatic rings. The van der Waals surface area contributed by atoms with Gasteiger partial charge in [0, 0.05) is 37.5 Å². The van der Waals surface area contributed by atoms with Crippen LogP contribution in [-0.4, -0.2) is 40.4 Å². The van der Waals surface area contributed by atoms with Crippen molar-refractivity contribution in [2.75, 3.05) is 29.9 Å². The van der Waals surface area contributed by atoms with Crippen LogP contribution in [0.1, 0.15) is 19.3 Å². The number of carbonyl (C=O) groups is 1. The second-order valence-corrected chi connectivity index (χ2v) is 7.15. The Hall–Kier alpha value is -3.03. The molecule has 2 N–H and O–H groups in total. The Labute approximate surface area is 161 Å². The summed E-state index contributed by atoms with van der Waals surface area (Å²) in [7, 11) is 0. The Kier molecular flexibility index (Phi) is 5.18. The van der Waals surface area contributed by atoms with Crippen LogP contribution >= 0.6 is 0 Å².